The molecular weight excluding hydrogens is 384 g/mol. The van der Waals surface area contributed by atoms with Gasteiger partial charge in [-0.25, -0.2) is 13.6 Å². The van der Waals surface area contributed by atoms with Crippen molar-refractivity contribution in [3.63, 3.8) is 0 Å². The molecule has 29 heavy (non-hydrogen) atoms. The molecule has 8 heteroatoms. The van der Waals surface area contributed by atoms with E-state index in [4.69, 9.17) is 14.2 Å². The van der Waals surface area contributed by atoms with Crippen molar-refractivity contribution in [2.45, 2.75) is 6.92 Å². The first kappa shape index (κ1) is 20.2. The number of rotatable bonds is 6. The lowest BCUT2D eigenvalue weighted by molar-refractivity contribution is 0.0528. The Kier molecular flexibility index (Phi) is 5.72. The van der Waals surface area contributed by atoms with Crippen LogP contribution in [0.15, 0.2) is 36.5 Å². The van der Waals surface area contributed by atoms with Gasteiger partial charge in [0.05, 0.1) is 32.0 Å². The van der Waals surface area contributed by atoms with Crippen molar-refractivity contribution in [1.82, 2.24) is 4.98 Å². The van der Waals surface area contributed by atoms with Gasteiger partial charge in [-0.05, 0) is 31.2 Å². The largest absolute Gasteiger partial charge is 0.493 e. The second-order valence-electron chi connectivity index (χ2n) is 5.95. The molecule has 0 atom stereocenters. The first-order valence-corrected chi connectivity index (χ1v) is 8.62. The van der Waals surface area contributed by atoms with E-state index in [1.807, 2.05) is 0 Å². The molecular formula is C21H17F2NO5. The fourth-order valence-electron chi connectivity index (χ4n) is 2.92. The number of fused-ring (bicyclic) bond motifs is 1. The van der Waals surface area contributed by atoms with Crippen LogP contribution < -0.4 is 9.47 Å². The number of ketones is 1. The molecule has 6 nitrogen and oxygen atoms in total. The van der Waals surface area contributed by atoms with Crippen LogP contribution in [0.4, 0.5) is 8.78 Å². The van der Waals surface area contributed by atoms with E-state index in [1.54, 1.807) is 6.92 Å². The van der Waals surface area contributed by atoms with E-state index in [9.17, 15) is 18.4 Å². The molecule has 0 unspecified atom stereocenters. The third-order valence-corrected chi connectivity index (χ3v) is 4.28. The summed E-state index contributed by atoms with van der Waals surface area (Å²) in [5.41, 5.74) is -0.364. The third kappa shape index (κ3) is 3.73. The topological polar surface area (TPSA) is 74.7 Å². The standard InChI is InChI=1S/C21H17F2NO5/c1-4-29-21(26)15-10-24-19(20(25)12-6-5-11(22)7-16(12)23)14-9-18(28-3)17(27-2)8-13(14)15/h5-10H,4H2,1-3H3. The van der Waals surface area contributed by atoms with Crippen LogP contribution in [0.3, 0.4) is 0 Å². The summed E-state index contributed by atoms with van der Waals surface area (Å²) in [4.78, 5) is 29.3. The molecule has 1 heterocycles. The fourth-order valence-corrected chi connectivity index (χ4v) is 2.92. The highest BCUT2D eigenvalue weighted by atomic mass is 19.1. The molecule has 0 aliphatic rings. The van der Waals surface area contributed by atoms with Crippen molar-refractivity contribution in [3.05, 3.63) is 65.0 Å². The molecule has 0 fully saturated rings. The van der Waals surface area contributed by atoms with Gasteiger partial charge in [-0.2, -0.15) is 0 Å². The Morgan fingerprint density at radius 3 is 2.21 bits per heavy atom. The minimum atomic E-state index is -1.01. The zero-order valence-electron chi connectivity index (χ0n) is 15.9. The van der Waals surface area contributed by atoms with E-state index in [1.165, 1.54) is 32.5 Å². The number of esters is 1. The molecule has 0 amide bonds. The maximum atomic E-state index is 14.2. The highest BCUT2D eigenvalue weighted by Crippen LogP contribution is 2.35. The van der Waals surface area contributed by atoms with Gasteiger partial charge in [0, 0.05) is 23.0 Å². The predicted octanol–water partition coefficient (Wildman–Crippen LogP) is 3.94. The number of nitrogens with zero attached hydrogens (tertiary/aromatic N) is 1. The van der Waals surface area contributed by atoms with Crippen molar-refractivity contribution in [2.24, 2.45) is 0 Å². The summed E-state index contributed by atoms with van der Waals surface area (Å²) in [5.74, 6) is -2.61. The maximum absolute atomic E-state index is 14.2. The van der Waals surface area contributed by atoms with Crippen molar-refractivity contribution < 1.29 is 32.6 Å². The lowest BCUT2D eigenvalue weighted by Gasteiger charge is -2.14. The van der Waals surface area contributed by atoms with E-state index in [2.05, 4.69) is 4.98 Å². The van der Waals surface area contributed by atoms with Crippen molar-refractivity contribution in [2.75, 3.05) is 20.8 Å². The average molecular weight is 401 g/mol. The molecule has 0 aliphatic carbocycles. The number of carbonyl (C=O) groups is 2. The summed E-state index contributed by atoms with van der Waals surface area (Å²) in [6, 6.07) is 5.63. The smallest absolute Gasteiger partial charge is 0.340 e. The van der Waals surface area contributed by atoms with Crippen LogP contribution in [-0.4, -0.2) is 37.6 Å². The van der Waals surface area contributed by atoms with Crippen LogP contribution in [-0.2, 0) is 4.74 Å². The molecule has 150 valence electrons. The molecule has 2 aromatic carbocycles. The number of carbonyl (C=O) groups excluding carboxylic acids is 2. The molecule has 3 aromatic rings. The van der Waals surface area contributed by atoms with E-state index in [0.717, 1.165) is 12.1 Å². The van der Waals surface area contributed by atoms with Gasteiger partial charge in [-0.1, -0.05) is 0 Å². The van der Waals surface area contributed by atoms with E-state index < -0.39 is 23.4 Å². The summed E-state index contributed by atoms with van der Waals surface area (Å²) in [6.45, 7) is 1.81. The summed E-state index contributed by atoms with van der Waals surface area (Å²) in [5, 5.41) is 0.559. The molecule has 0 saturated heterocycles. The molecule has 0 N–H and O–H groups in total. The van der Waals surface area contributed by atoms with Gasteiger partial charge in [0.2, 0.25) is 5.78 Å². The Morgan fingerprint density at radius 2 is 1.62 bits per heavy atom. The number of benzene rings is 2. The van der Waals surface area contributed by atoms with E-state index >= 15 is 0 Å². The molecule has 1 aromatic heterocycles. The second kappa shape index (κ2) is 8.22. The number of halogens is 2. The normalized spacial score (nSPS) is 10.7. The Labute approximate surface area is 165 Å². The number of hydrogen-bond donors (Lipinski definition) is 0. The van der Waals surface area contributed by atoms with Gasteiger partial charge in [0.25, 0.3) is 0 Å². The molecule has 0 bridgehead atoms. The highest BCUT2D eigenvalue weighted by molar-refractivity contribution is 6.18. The molecule has 3 rings (SSSR count). The lowest BCUT2D eigenvalue weighted by Crippen LogP contribution is -2.12. The van der Waals surface area contributed by atoms with Crippen molar-refractivity contribution in [3.8, 4) is 11.5 Å². The summed E-state index contributed by atoms with van der Waals surface area (Å²) in [7, 11) is 2.84. The van der Waals surface area contributed by atoms with Gasteiger partial charge < -0.3 is 14.2 Å². The Balaban J connectivity index is 2.28. The first-order valence-electron chi connectivity index (χ1n) is 8.62. The maximum Gasteiger partial charge on any atom is 0.340 e. The van der Waals surface area contributed by atoms with Crippen LogP contribution in [0.2, 0.25) is 0 Å². The fraction of sp³-hybridized carbons (Fsp3) is 0.190. The highest BCUT2D eigenvalue weighted by Gasteiger charge is 2.23. The van der Waals surface area contributed by atoms with Gasteiger partial charge in [0.1, 0.15) is 17.3 Å². The number of methoxy groups -OCH3 is 2. The van der Waals surface area contributed by atoms with Crippen LogP contribution >= 0.6 is 0 Å². The minimum absolute atomic E-state index is 0.110. The van der Waals surface area contributed by atoms with Gasteiger partial charge in [0.15, 0.2) is 11.5 Å². The van der Waals surface area contributed by atoms with Crippen LogP contribution in [0.5, 0.6) is 11.5 Å². The Hall–Kier alpha value is -3.55. The van der Waals surface area contributed by atoms with Crippen LogP contribution in [0, 0.1) is 11.6 Å². The van der Waals surface area contributed by atoms with E-state index in [-0.39, 0.29) is 34.6 Å². The lowest BCUT2D eigenvalue weighted by atomic mass is 9.98. The number of hydrogen-bond acceptors (Lipinski definition) is 6. The number of aromatic nitrogens is 1. The number of ether oxygens (including phenoxy) is 3. The Morgan fingerprint density at radius 1 is 0.966 bits per heavy atom. The monoisotopic (exact) mass is 401 g/mol. The first-order chi connectivity index (χ1) is 13.9. The zero-order chi connectivity index (χ0) is 21.1. The van der Waals surface area contributed by atoms with Crippen molar-refractivity contribution >= 4 is 22.5 Å². The third-order valence-electron chi connectivity index (χ3n) is 4.28. The zero-order valence-corrected chi connectivity index (χ0v) is 15.9. The summed E-state index contributed by atoms with van der Waals surface area (Å²) >= 11 is 0. The Bertz CT molecular complexity index is 1110. The molecule has 0 aliphatic heterocycles. The quantitative estimate of drug-likeness (QED) is 0.460. The molecule has 0 spiro atoms. The summed E-state index contributed by atoms with van der Waals surface area (Å²) < 4.78 is 43.0. The van der Waals surface area contributed by atoms with Crippen LogP contribution in [0.25, 0.3) is 10.8 Å². The minimum Gasteiger partial charge on any atom is -0.493 e. The van der Waals surface area contributed by atoms with Gasteiger partial charge in [-0.15, -0.1) is 0 Å². The van der Waals surface area contributed by atoms with Gasteiger partial charge >= 0.3 is 5.97 Å². The van der Waals surface area contributed by atoms with E-state index in [0.29, 0.717) is 17.2 Å². The van der Waals surface area contributed by atoms with Gasteiger partial charge in [-0.3, -0.25) is 9.78 Å². The summed E-state index contributed by atoms with van der Waals surface area (Å²) in [6.07, 6.45) is 1.18. The number of pyridine rings is 1. The second-order valence-corrected chi connectivity index (χ2v) is 5.95. The molecule has 0 radical (unpaired) electrons. The average Bonchev–Trinajstić information content (AvgIpc) is 2.71. The van der Waals surface area contributed by atoms with Crippen LogP contribution in [0.1, 0.15) is 33.3 Å². The van der Waals surface area contributed by atoms with Crippen molar-refractivity contribution in [1.29, 1.82) is 0 Å². The SMILES string of the molecule is CCOC(=O)c1cnc(C(=O)c2ccc(F)cc2F)c2cc(OC)c(OC)cc12. The predicted molar refractivity (Wildman–Crippen MR) is 101 cm³/mol. The molecule has 0 saturated carbocycles.